The van der Waals surface area contributed by atoms with E-state index in [1.807, 2.05) is 0 Å². The van der Waals surface area contributed by atoms with Crippen molar-refractivity contribution in [3.05, 3.63) is 58.9 Å². The zero-order valence-corrected chi connectivity index (χ0v) is 17.0. The Morgan fingerprint density at radius 3 is 2.87 bits per heavy atom. The molecule has 0 atom stereocenters. The van der Waals surface area contributed by atoms with Gasteiger partial charge in [-0.2, -0.15) is 0 Å². The van der Waals surface area contributed by atoms with Crippen molar-refractivity contribution in [1.29, 1.82) is 0 Å². The Morgan fingerprint density at radius 1 is 1.23 bits per heavy atom. The molecule has 0 saturated heterocycles. The molecule has 4 aromatic rings. The number of carbonyl (C=O) groups is 1. The van der Waals surface area contributed by atoms with E-state index in [-0.39, 0.29) is 18.2 Å². The van der Waals surface area contributed by atoms with E-state index in [0.717, 1.165) is 0 Å². The van der Waals surface area contributed by atoms with Crippen LogP contribution in [0.4, 0.5) is 5.69 Å². The van der Waals surface area contributed by atoms with Crippen LogP contribution >= 0.6 is 11.6 Å². The summed E-state index contributed by atoms with van der Waals surface area (Å²) in [6, 6.07) is 10.2. The second-order valence-electron chi connectivity index (χ2n) is 6.39. The van der Waals surface area contributed by atoms with Gasteiger partial charge in [0.15, 0.2) is 11.5 Å². The van der Waals surface area contributed by atoms with E-state index in [9.17, 15) is 4.79 Å². The van der Waals surface area contributed by atoms with Crippen LogP contribution < -0.4 is 10.1 Å². The van der Waals surface area contributed by atoms with E-state index < -0.39 is 0 Å². The van der Waals surface area contributed by atoms with Crippen LogP contribution in [0.25, 0.3) is 22.6 Å². The molecule has 8 nitrogen and oxygen atoms in total. The predicted molar refractivity (Wildman–Crippen MR) is 111 cm³/mol. The second kappa shape index (κ2) is 8.56. The van der Waals surface area contributed by atoms with Crippen LogP contribution in [0.3, 0.4) is 0 Å². The molecule has 1 amide bonds. The van der Waals surface area contributed by atoms with Crippen molar-refractivity contribution in [2.75, 3.05) is 25.6 Å². The van der Waals surface area contributed by atoms with Gasteiger partial charge < -0.3 is 23.7 Å². The molecule has 3 heterocycles. The van der Waals surface area contributed by atoms with Gasteiger partial charge in [0.1, 0.15) is 12.3 Å². The Hall–Kier alpha value is -3.36. The first-order chi connectivity index (χ1) is 14.6. The van der Waals surface area contributed by atoms with Crippen LogP contribution in [-0.2, 0) is 4.74 Å². The minimum atomic E-state index is -0.389. The van der Waals surface area contributed by atoms with E-state index in [1.165, 1.54) is 6.26 Å². The summed E-state index contributed by atoms with van der Waals surface area (Å²) < 4.78 is 21.4. The molecule has 0 spiro atoms. The zero-order chi connectivity index (χ0) is 21.1. The van der Waals surface area contributed by atoms with Gasteiger partial charge in [-0.1, -0.05) is 22.8 Å². The molecule has 9 heteroatoms. The summed E-state index contributed by atoms with van der Waals surface area (Å²) in [4.78, 5) is 17.6. The topological polar surface area (TPSA) is 99.6 Å². The lowest BCUT2D eigenvalue weighted by molar-refractivity contribution is 0.102. The number of para-hydroxylation sites is 1. The van der Waals surface area contributed by atoms with Crippen LogP contribution in [0.5, 0.6) is 5.75 Å². The molecule has 0 fully saturated rings. The van der Waals surface area contributed by atoms with Crippen molar-refractivity contribution in [3.8, 4) is 17.2 Å². The van der Waals surface area contributed by atoms with Crippen LogP contribution in [0, 0.1) is 6.92 Å². The number of ether oxygens (including phenoxy) is 2. The van der Waals surface area contributed by atoms with Crippen molar-refractivity contribution in [1.82, 2.24) is 10.1 Å². The number of pyridine rings is 1. The number of aromatic nitrogens is 2. The molecule has 1 aromatic carbocycles. The number of hydrogen-bond acceptors (Lipinski definition) is 7. The number of anilines is 1. The maximum atomic E-state index is 13.2. The number of nitrogens with one attached hydrogen (secondary N) is 1. The fourth-order valence-electron chi connectivity index (χ4n) is 3.00. The number of halogens is 1. The third kappa shape index (κ3) is 3.87. The van der Waals surface area contributed by atoms with Gasteiger partial charge in [-0.25, -0.2) is 4.98 Å². The fourth-order valence-corrected chi connectivity index (χ4v) is 3.22. The number of aryl methyl sites for hydroxylation is 1. The Balaban J connectivity index is 1.72. The summed E-state index contributed by atoms with van der Waals surface area (Å²) in [7, 11) is 1.57. The first kappa shape index (κ1) is 19.9. The number of fused-ring (bicyclic) bond motifs is 1. The smallest absolute Gasteiger partial charge is 0.259 e. The summed E-state index contributed by atoms with van der Waals surface area (Å²) in [6.07, 6.45) is 1.53. The lowest BCUT2D eigenvalue weighted by Gasteiger charge is -2.14. The molecule has 0 saturated carbocycles. The average Bonchev–Trinajstić information content (AvgIpc) is 3.40. The van der Waals surface area contributed by atoms with Crippen molar-refractivity contribution < 1.29 is 23.2 Å². The van der Waals surface area contributed by atoms with Gasteiger partial charge in [-0.3, -0.25) is 4.79 Å². The maximum absolute atomic E-state index is 13.2. The number of benzene rings is 1. The number of hydrogen-bond donors (Lipinski definition) is 1. The minimum Gasteiger partial charge on any atom is -0.487 e. The molecule has 0 aliphatic rings. The van der Waals surface area contributed by atoms with Crippen molar-refractivity contribution in [3.63, 3.8) is 0 Å². The standard InChI is InChI=1S/C21H18ClN3O5/c1-12-18-13(11-16(17-7-4-8-28-17)24-21(18)30-25-12)20(26)23-15-6-3-5-14(22)19(15)29-10-9-27-2/h3-8,11H,9-10H2,1-2H3,(H,23,26). The van der Waals surface area contributed by atoms with Crippen molar-refractivity contribution in [2.24, 2.45) is 0 Å². The highest BCUT2D eigenvalue weighted by Gasteiger charge is 2.21. The third-order valence-corrected chi connectivity index (χ3v) is 4.68. The molecule has 0 unspecified atom stereocenters. The summed E-state index contributed by atoms with van der Waals surface area (Å²) in [6.45, 7) is 2.42. The van der Waals surface area contributed by atoms with Crippen LogP contribution in [0.15, 0.2) is 51.6 Å². The van der Waals surface area contributed by atoms with Crippen molar-refractivity contribution in [2.45, 2.75) is 6.92 Å². The highest BCUT2D eigenvalue weighted by atomic mass is 35.5. The number of furan rings is 1. The molecule has 0 radical (unpaired) electrons. The Morgan fingerprint density at radius 2 is 2.10 bits per heavy atom. The molecule has 154 valence electrons. The molecule has 0 bridgehead atoms. The highest BCUT2D eigenvalue weighted by molar-refractivity contribution is 6.32. The van der Waals surface area contributed by atoms with E-state index >= 15 is 0 Å². The molecule has 4 rings (SSSR count). The first-order valence-corrected chi connectivity index (χ1v) is 9.48. The Bertz CT molecular complexity index is 1190. The van der Waals surface area contributed by atoms with Gasteiger partial charge >= 0.3 is 0 Å². The van der Waals surface area contributed by atoms with Crippen LogP contribution in [0.2, 0.25) is 5.02 Å². The van der Waals surface area contributed by atoms with E-state index in [0.29, 0.717) is 51.2 Å². The summed E-state index contributed by atoms with van der Waals surface area (Å²) in [5.41, 5.74) is 2.03. The molecular weight excluding hydrogens is 410 g/mol. The number of methoxy groups -OCH3 is 1. The molecular formula is C21H18ClN3O5. The zero-order valence-electron chi connectivity index (χ0n) is 16.3. The fraction of sp³-hybridized carbons (Fsp3) is 0.190. The van der Waals surface area contributed by atoms with Crippen LogP contribution in [-0.4, -0.2) is 36.4 Å². The number of amides is 1. The maximum Gasteiger partial charge on any atom is 0.259 e. The molecule has 0 aliphatic carbocycles. The first-order valence-electron chi connectivity index (χ1n) is 9.11. The summed E-state index contributed by atoms with van der Waals surface area (Å²) in [5, 5.41) is 7.70. The SMILES string of the molecule is COCCOc1c(Cl)cccc1NC(=O)c1cc(-c2ccco2)nc2onc(C)c12. The Kier molecular flexibility index (Phi) is 5.69. The van der Waals surface area contributed by atoms with E-state index in [2.05, 4.69) is 15.5 Å². The van der Waals surface area contributed by atoms with E-state index in [4.69, 9.17) is 30.0 Å². The second-order valence-corrected chi connectivity index (χ2v) is 6.80. The lowest BCUT2D eigenvalue weighted by Crippen LogP contribution is -2.15. The Labute approximate surface area is 176 Å². The predicted octanol–water partition coefficient (Wildman–Crippen LogP) is 4.72. The summed E-state index contributed by atoms with van der Waals surface area (Å²) >= 11 is 6.27. The van der Waals surface area contributed by atoms with Crippen LogP contribution in [0.1, 0.15) is 16.1 Å². The lowest BCUT2D eigenvalue weighted by atomic mass is 10.1. The highest BCUT2D eigenvalue weighted by Crippen LogP contribution is 2.34. The van der Waals surface area contributed by atoms with Gasteiger partial charge in [0.25, 0.3) is 11.6 Å². The van der Waals surface area contributed by atoms with Crippen molar-refractivity contribution >= 4 is 34.3 Å². The monoisotopic (exact) mass is 427 g/mol. The van der Waals surface area contributed by atoms with Gasteiger partial charge in [0, 0.05) is 7.11 Å². The minimum absolute atomic E-state index is 0.245. The molecule has 3 aromatic heterocycles. The quantitative estimate of drug-likeness (QED) is 0.426. The number of nitrogens with zero attached hydrogens (tertiary/aromatic N) is 2. The molecule has 30 heavy (non-hydrogen) atoms. The normalized spacial score (nSPS) is 11.0. The number of rotatable bonds is 7. The molecule has 0 aliphatic heterocycles. The third-order valence-electron chi connectivity index (χ3n) is 4.38. The average molecular weight is 428 g/mol. The summed E-state index contributed by atoms with van der Waals surface area (Å²) in [5.74, 6) is 0.481. The van der Waals surface area contributed by atoms with Gasteiger partial charge in [-0.05, 0) is 37.3 Å². The van der Waals surface area contributed by atoms with Gasteiger partial charge in [-0.15, -0.1) is 0 Å². The van der Waals surface area contributed by atoms with Gasteiger partial charge in [0.05, 0.1) is 40.2 Å². The van der Waals surface area contributed by atoms with E-state index in [1.54, 1.807) is 50.4 Å². The van der Waals surface area contributed by atoms with Gasteiger partial charge in [0.2, 0.25) is 0 Å². The largest absolute Gasteiger partial charge is 0.487 e. The molecule has 1 N–H and O–H groups in total. The number of carbonyl (C=O) groups excluding carboxylic acids is 1.